The van der Waals surface area contributed by atoms with Crippen LogP contribution in [0.5, 0.6) is 0 Å². The van der Waals surface area contributed by atoms with E-state index in [4.69, 9.17) is 17.5 Å². The zero-order chi connectivity index (χ0) is 15.1. The van der Waals surface area contributed by atoms with Crippen LogP contribution in [-0.4, -0.2) is 9.55 Å². The largest absolute Gasteiger partial charge is 0.330 e. The van der Waals surface area contributed by atoms with Gasteiger partial charge in [-0.25, -0.2) is 0 Å². The summed E-state index contributed by atoms with van der Waals surface area (Å²) in [5.41, 5.74) is 5.77. The summed E-state index contributed by atoms with van der Waals surface area (Å²) in [6.07, 6.45) is 0. The van der Waals surface area contributed by atoms with Crippen molar-refractivity contribution in [3.05, 3.63) is 56.3 Å². The third-order valence-corrected chi connectivity index (χ3v) is 5.03. The lowest BCUT2D eigenvalue weighted by Gasteiger charge is -2.10. The van der Waals surface area contributed by atoms with Crippen LogP contribution in [0.2, 0.25) is 0 Å². The van der Waals surface area contributed by atoms with Gasteiger partial charge in [0, 0.05) is 10.2 Å². The van der Waals surface area contributed by atoms with E-state index >= 15 is 0 Å². The van der Waals surface area contributed by atoms with Crippen molar-refractivity contribution in [1.82, 2.24) is 9.55 Å². The zero-order valence-electron chi connectivity index (χ0n) is 11.6. The molecule has 21 heavy (non-hydrogen) atoms. The Morgan fingerprint density at radius 2 is 1.86 bits per heavy atom. The number of hydrogen-bond acceptors (Lipinski definition) is 2. The van der Waals surface area contributed by atoms with Gasteiger partial charge in [-0.2, -0.15) is 5.26 Å². The molecular formula is C16H12BrN3S. The number of nitriles is 1. The molecule has 3 aromatic rings. The molecule has 0 bridgehead atoms. The molecule has 0 unspecified atom stereocenters. The fraction of sp³-hybridized carbons (Fsp3) is 0.125. The first-order valence-electron chi connectivity index (χ1n) is 6.43. The monoisotopic (exact) mass is 357 g/mol. The number of aromatic amines is 1. The molecule has 0 radical (unpaired) electrons. The normalized spacial score (nSPS) is 10.8. The van der Waals surface area contributed by atoms with Gasteiger partial charge in [-0.1, -0.05) is 15.9 Å². The third kappa shape index (κ3) is 2.31. The maximum Gasteiger partial charge on any atom is 0.182 e. The van der Waals surface area contributed by atoms with E-state index in [2.05, 4.69) is 53.0 Å². The van der Waals surface area contributed by atoms with Crippen LogP contribution in [0.15, 0.2) is 34.8 Å². The predicted octanol–water partition coefficient (Wildman–Crippen LogP) is 4.94. The van der Waals surface area contributed by atoms with Gasteiger partial charge in [0.25, 0.3) is 0 Å². The maximum atomic E-state index is 9.09. The fourth-order valence-electron chi connectivity index (χ4n) is 2.48. The number of halogens is 1. The lowest BCUT2D eigenvalue weighted by molar-refractivity contribution is 1.05. The summed E-state index contributed by atoms with van der Waals surface area (Å²) >= 11 is 9.03. The molecule has 0 fully saturated rings. The molecule has 5 heteroatoms. The van der Waals surface area contributed by atoms with Gasteiger partial charge in [0.2, 0.25) is 0 Å². The number of nitrogens with zero attached hydrogens (tertiary/aromatic N) is 2. The van der Waals surface area contributed by atoms with E-state index in [-0.39, 0.29) is 0 Å². The molecule has 2 aromatic carbocycles. The average molecular weight is 358 g/mol. The highest BCUT2D eigenvalue weighted by molar-refractivity contribution is 9.10. The number of benzene rings is 2. The van der Waals surface area contributed by atoms with Gasteiger partial charge in [0.05, 0.1) is 22.7 Å². The molecular weight excluding hydrogens is 346 g/mol. The van der Waals surface area contributed by atoms with Gasteiger partial charge in [-0.3, -0.25) is 4.57 Å². The number of fused-ring (bicyclic) bond motifs is 1. The van der Waals surface area contributed by atoms with Crippen LogP contribution in [0.25, 0.3) is 16.7 Å². The molecule has 0 saturated heterocycles. The second-order valence-corrected chi connectivity index (χ2v) is 6.18. The van der Waals surface area contributed by atoms with Crippen molar-refractivity contribution in [3.63, 3.8) is 0 Å². The first kappa shape index (κ1) is 14.1. The predicted molar refractivity (Wildman–Crippen MR) is 90.3 cm³/mol. The molecule has 1 N–H and O–H groups in total. The SMILES string of the molecule is Cc1cc(-n2c(=S)[nH]c3ccc(C#N)cc32)cc(C)c1Br. The number of hydrogen-bond donors (Lipinski definition) is 1. The van der Waals surface area contributed by atoms with Crippen LogP contribution in [0.1, 0.15) is 16.7 Å². The number of H-pyrrole nitrogens is 1. The van der Waals surface area contributed by atoms with Gasteiger partial charge in [0.15, 0.2) is 4.77 Å². The Balaban J connectivity index is 2.37. The van der Waals surface area contributed by atoms with Crippen molar-refractivity contribution >= 4 is 39.2 Å². The molecule has 1 aromatic heterocycles. The molecule has 0 amide bonds. The number of rotatable bonds is 1. The van der Waals surface area contributed by atoms with Crippen molar-refractivity contribution in [3.8, 4) is 11.8 Å². The van der Waals surface area contributed by atoms with Crippen LogP contribution >= 0.6 is 28.1 Å². The summed E-state index contributed by atoms with van der Waals surface area (Å²) in [6.45, 7) is 4.11. The molecule has 0 aliphatic heterocycles. The summed E-state index contributed by atoms with van der Waals surface area (Å²) < 4.78 is 3.70. The van der Waals surface area contributed by atoms with Crippen LogP contribution in [0.3, 0.4) is 0 Å². The minimum absolute atomic E-state index is 0.621. The summed E-state index contributed by atoms with van der Waals surface area (Å²) in [5, 5.41) is 9.09. The first-order chi connectivity index (χ1) is 10.0. The summed E-state index contributed by atoms with van der Waals surface area (Å²) in [5.74, 6) is 0. The van der Waals surface area contributed by atoms with Crippen molar-refractivity contribution < 1.29 is 0 Å². The molecule has 0 aliphatic carbocycles. The van der Waals surface area contributed by atoms with Crippen molar-refractivity contribution in [1.29, 1.82) is 5.26 Å². The molecule has 3 nitrogen and oxygen atoms in total. The van der Waals surface area contributed by atoms with E-state index in [0.29, 0.717) is 10.3 Å². The Labute approximate surface area is 136 Å². The smallest absolute Gasteiger partial charge is 0.182 e. The van der Waals surface area contributed by atoms with Gasteiger partial charge in [-0.15, -0.1) is 0 Å². The van der Waals surface area contributed by atoms with Gasteiger partial charge >= 0.3 is 0 Å². The molecule has 0 spiro atoms. The third-order valence-electron chi connectivity index (χ3n) is 3.49. The Morgan fingerprint density at radius 1 is 1.19 bits per heavy atom. The Morgan fingerprint density at radius 3 is 2.48 bits per heavy atom. The van der Waals surface area contributed by atoms with Crippen LogP contribution in [-0.2, 0) is 0 Å². The van der Waals surface area contributed by atoms with Crippen molar-refractivity contribution in [2.45, 2.75) is 13.8 Å². The molecule has 3 rings (SSSR count). The number of aryl methyl sites for hydroxylation is 2. The maximum absolute atomic E-state index is 9.09. The fourth-order valence-corrected chi connectivity index (χ4v) is 3.02. The van der Waals surface area contributed by atoms with Crippen LogP contribution < -0.4 is 0 Å². The van der Waals surface area contributed by atoms with Gasteiger partial charge < -0.3 is 4.98 Å². The molecule has 1 heterocycles. The zero-order valence-corrected chi connectivity index (χ0v) is 14.0. The molecule has 0 atom stereocenters. The summed E-state index contributed by atoms with van der Waals surface area (Å²) in [4.78, 5) is 3.19. The van der Waals surface area contributed by atoms with Crippen molar-refractivity contribution in [2.24, 2.45) is 0 Å². The van der Waals surface area contributed by atoms with E-state index < -0.39 is 0 Å². The summed E-state index contributed by atoms with van der Waals surface area (Å²) in [6, 6.07) is 11.9. The van der Waals surface area contributed by atoms with E-state index in [1.54, 1.807) is 6.07 Å². The lowest BCUT2D eigenvalue weighted by Crippen LogP contribution is -1.97. The summed E-state index contributed by atoms with van der Waals surface area (Å²) in [7, 11) is 0. The van der Waals surface area contributed by atoms with Gasteiger partial charge in [-0.05, 0) is 67.5 Å². The Kier molecular flexibility index (Phi) is 3.44. The number of nitrogens with one attached hydrogen (secondary N) is 1. The van der Waals surface area contributed by atoms with Crippen LogP contribution in [0.4, 0.5) is 0 Å². The van der Waals surface area contributed by atoms with Crippen LogP contribution in [0, 0.1) is 29.9 Å². The Hall–Kier alpha value is -1.90. The first-order valence-corrected chi connectivity index (χ1v) is 7.63. The van der Waals surface area contributed by atoms with Gasteiger partial charge in [0.1, 0.15) is 0 Å². The second kappa shape index (κ2) is 5.14. The Bertz CT molecular complexity index is 937. The molecule has 104 valence electrons. The highest BCUT2D eigenvalue weighted by Crippen LogP contribution is 2.27. The van der Waals surface area contributed by atoms with E-state index in [1.165, 1.54) is 0 Å². The molecule has 0 saturated carbocycles. The molecule has 0 aliphatic rings. The highest BCUT2D eigenvalue weighted by atomic mass is 79.9. The minimum Gasteiger partial charge on any atom is -0.330 e. The van der Waals surface area contributed by atoms with E-state index in [0.717, 1.165) is 32.3 Å². The lowest BCUT2D eigenvalue weighted by atomic mass is 10.1. The number of aromatic nitrogens is 2. The van der Waals surface area contributed by atoms with E-state index in [1.807, 2.05) is 16.7 Å². The number of imidazole rings is 1. The average Bonchev–Trinajstić information content (AvgIpc) is 2.79. The second-order valence-electron chi connectivity index (χ2n) is 5.00. The quantitative estimate of drug-likeness (QED) is 0.627. The standard InChI is InChI=1S/C16H12BrN3S/c1-9-5-12(6-10(2)15(9)17)20-14-7-11(8-18)3-4-13(14)19-16(20)21/h3-7H,1-2H3,(H,19,21). The topological polar surface area (TPSA) is 44.5 Å². The van der Waals surface area contributed by atoms with E-state index in [9.17, 15) is 0 Å². The minimum atomic E-state index is 0.621. The van der Waals surface area contributed by atoms with Crippen molar-refractivity contribution in [2.75, 3.05) is 0 Å². The highest BCUT2D eigenvalue weighted by Gasteiger charge is 2.10.